The Hall–Kier alpha value is 0.0800. The Kier molecular flexibility index (Phi) is 2.23. The van der Waals surface area contributed by atoms with Crippen molar-refractivity contribution in [3.05, 3.63) is 25.4 Å². The van der Waals surface area contributed by atoms with E-state index in [4.69, 9.17) is 0 Å². The minimum absolute atomic E-state index is 0.521. The number of nitrogens with zero attached hydrogens (tertiary/aromatic N) is 1. The molecule has 0 saturated heterocycles. The maximum Gasteiger partial charge on any atom is 0.287 e. The van der Waals surface area contributed by atoms with E-state index in [1.54, 1.807) is 0 Å². The van der Waals surface area contributed by atoms with Crippen molar-refractivity contribution in [3.8, 4) is 0 Å². The number of hydrogen-bond acceptors (Lipinski definition) is 1. The van der Waals surface area contributed by atoms with Crippen molar-refractivity contribution in [2.75, 3.05) is 0 Å². The lowest BCUT2D eigenvalue weighted by atomic mass is 10.3. The van der Waals surface area contributed by atoms with Crippen LogP contribution in [0.3, 0.4) is 0 Å². The van der Waals surface area contributed by atoms with Crippen LogP contribution in [-0.2, 0) is 0 Å². The van der Waals surface area contributed by atoms with Crippen molar-refractivity contribution < 1.29 is 4.39 Å². The molecule has 0 aliphatic rings. The van der Waals surface area contributed by atoms with Gasteiger partial charge in [-0.15, -0.1) is 0 Å². The first-order chi connectivity index (χ1) is 5.68. The van der Waals surface area contributed by atoms with Gasteiger partial charge in [-0.05, 0) is 57.3 Å². The molecule has 2 rings (SSSR count). The number of fused-ring (bicyclic) bond motifs is 1. The van der Waals surface area contributed by atoms with Gasteiger partial charge in [0, 0.05) is 7.14 Å². The number of aromatic amines is 1. The summed E-state index contributed by atoms with van der Waals surface area (Å²) in [5.74, 6) is 0. The number of rotatable bonds is 0. The van der Waals surface area contributed by atoms with Crippen molar-refractivity contribution >= 4 is 56.2 Å². The predicted molar refractivity (Wildman–Crippen MR) is 61.5 cm³/mol. The highest BCUT2D eigenvalue weighted by Gasteiger charge is 2.07. The van der Waals surface area contributed by atoms with Gasteiger partial charge in [-0.3, -0.25) is 0 Å². The monoisotopic (exact) mass is 388 g/mol. The molecule has 0 saturated carbocycles. The van der Waals surface area contributed by atoms with Gasteiger partial charge in [0.25, 0.3) is 6.08 Å². The summed E-state index contributed by atoms with van der Waals surface area (Å²) in [6.45, 7) is 0. The summed E-state index contributed by atoms with van der Waals surface area (Å²) < 4.78 is 14.7. The fourth-order valence-corrected chi connectivity index (χ4v) is 2.14. The van der Waals surface area contributed by atoms with Gasteiger partial charge in [0.1, 0.15) is 5.52 Å². The summed E-state index contributed by atoms with van der Waals surface area (Å²) in [7, 11) is 0. The molecule has 0 atom stereocenters. The number of nitrogens with one attached hydrogen (secondary N) is 1. The number of hydrogen-bond donors (Lipinski definition) is 1. The highest BCUT2D eigenvalue weighted by Crippen LogP contribution is 2.22. The maximum atomic E-state index is 12.7. The highest BCUT2D eigenvalue weighted by molar-refractivity contribution is 14.1. The molecular formula is C7H3FI2N2. The van der Waals surface area contributed by atoms with E-state index in [0.717, 1.165) is 12.7 Å². The second-order valence-electron chi connectivity index (χ2n) is 2.28. The van der Waals surface area contributed by atoms with Gasteiger partial charge in [0.05, 0.1) is 5.52 Å². The molecule has 0 aliphatic carbocycles. The number of imidazole rings is 1. The molecule has 0 unspecified atom stereocenters. The maximum absolute atomic E-state index is 12.7. The van der Waals surface area contributed by atoms with Crippen LogP contribution >= 0.6 is 45.2 Å². The average molecular weight is 388 g/mol. The Morgan fingerprint density at radius 3 is 2.58 bits per heavy atom. The molecule has 1 aromatic heterocycles. The average Bonchev–Trinajstić information content (AvgIpc) is 2.41. The van der Waals surface area contributed by atoms with Crippen LogP contribution in [0.2, 0.25) is 0 Å². The van der Waals surface area contributed by atoms with Crippen LogP contribution in [0.1, 0.15) is 0 Å². The largest absolute Gasteiger partial charge is 0.313 e. The second-order valence-corrected chi connectivity index (χ2v) is 4.60. The molecule has 5 heteroatoms. The van der Waals surface area contributed by atoms with Crippen LogP contribution in [0.15, 0.2) is 12.1 Å². The first kappa shape index (κ1) is 8.67. The summed E-state index contributed by atoms with van der Waals surface area (Å²) >= 11 is 4.28. The lowest BCUT2D eigenvalue weighted by Crippen LogP contribution is -1.79. The van der Waals surface area contributed by atoms with Crippen molar-refractivity contribution in [2.45, 2.75) is 0 Å². The third-order valence-electron chi connectivity index (χ3n) is 1.52. The van der Waals surface area contributed by atoms with Gasteiger partial charge in [0.2, 0.25) is 0 Å². The Labute approximate surface area is 95.2 Å². The van der Waals surface area contributed by atoms with E-state index in [0.29, 0.717) is 5.52 Å². The molecule has 62 valence electrons. The second kappa shape index (κ2) is 3.09. The first-order valence-corrected chi connectivity index (χ1v) is 5.33. The van der Waals surface area contributed by atoms with E-state index in [9.17, 15) is 4.39 Å². The predicted octanol–water partition coefficient (Wildman–Crippen LogP) is 2.91. The smallest absolute Gasteiger partial charge is 0.287 e. The number of halogens is 3. The van der Waals surface area contributed by atoms with E-state index >= 15 is 0 Å². The SMILES string of the molecule is Fc1nc2c(I)ccc(I)c2[nH]1. The molecule has 12 heavy (non-hydrogen) atoms. The van der Waals surface area contributed by atoms with Crippen molar-refractivity contribution in [3.63, 3.8) is 0 Å². The van der Waals surface area contributed by atoms with E-state index in [-0.39, 0.29) is 0 Å². The van der Waals surface area contributed by atoms with Crippen molar-refractivity contribution in [1.29, 1.82) is 0 Å². The molecule has 2 aromatic rings. The highest BCUT2D eigenvalue weighted by atomic mass is 127. The molecule has 0 bridgehead atoms. The molecule has 0 radical (unpaired) electrons. The zero-order chi connectivity index (χ0) is 8.72. The van der Waals surface area contributed by atoms with Gasteiger partial charge in [-0.1, -0.05) is 0 Å². The fraction of sp³-hybridized carbons (Fsp3) is 0. The summed E-state index contributed by atoms with van der Waals surface area (Å²) in [5.41, 5.74) is 1.49. The van der Waals surface area contributed by atoms with Crippen molar-refractivity contribution in [1.82, 2.24) is 9.97 Å². The van der Waals surface area contributed by atoms with Gasteiger partial charge < -0.3 is 4.98 Å². The third kappa shape index (κ3) is 1.32. The van der Waals surface area contributed by atoms with Crippen LogP contribution in [-0.4, -0.2) is 9.97 Å². The Morgan fingerprint density at radius 1 is 1.25 bits per heavy atom. The first-order valence-electron chi connectivity index (χ1n) is 3.17. The van der Waals surface area contributed by atoms with Crippen LogP contribution < -0.4 is 0 Å². The van der Waals surface area contributed by atoms with E-state index in [1.165, 1.54) is 0 Å². The lowest BCUT2D eigenvalue weighted by Gasteiger charge is -1.93. The van der Waals surface area contributed by atoms with Crippen LogP contribution in [0.4, 0.5) is 4.39 Å². The molecule has 0 fully saturated rings. The number of H-pyrrole nitrogens is 1. The minimum atomic E-state index is -0.521. The molecule has 0 amide bonds. The molecule has 0 spiro atoms. The minimum Gasteiger partial charge on any atom is -0.313 e. The topological polar surface area (TPSA) is 28.7 Å². The standard InChI is InChI=1S/C7H3FI2N2/c8-7-11-5-3(9)1-2-4(10)6(5)12-7/h1-2H,(H,11,12). The molecule has 2 nitrogen and oxygen atoms in total. The normalized spacial score (nSPS) is 10.9. The quantitative estimate of drug-likeness (QED) is 0.692. The molecule has 1 N–H and O–H groups in total. The van der Waals surface area contributed by atoms with Crippen molar-refractivity contribution in [2.24, 2.45) is 0 Å². The van der Waals surface area contributed by atoms with Crippen LogP contribution in [0.25, 0.3) is 11.0 Å². The zero-order valence-corrected chi connectivity index (χ0v) is 10.1. The lowest BCUT2D eigenvalue weighted by molar-refractivity contribution is 0.556. The third-order valence-corrected chi connectivity index (χ3v) is 3.29. The summed E-state index contributed by atoms with van der Waals surface area (Å²) in [4.78, 5) is 6.32. The molecule has 0 aliphatic heterocycles. The number of benzene rings is 1. The van der Waals surface area contributed by atoms with Crippen LogP contribution in [0.5, 0.6) is 0 Å². The Morgan fingerprint density at radius 2 is 1.92 bits per heavy atom. The summed E-state index contributed by atoms with van der Waals surface area (Å²) in [5, 5.41) is 0. The van der Waals surface area contributed by atoms with E-state index in [1.807, 2.05) is 12.1 Å². The summed E-state index contributed by atoms with van der Waals surface area (Å²) in [6, 6.07) is 3.85. The van der Waals surface area contributed by atoms with E-state index in [2.05, 4.69) is 55.1 Å². The Bertz CT molecular complexity index is 399. The van der Waals surface area contributed by atoms with Gasteiger partial charge in [0.15, 0.2) is 0 Å². The zero-order valence-electron chi connectivity index (χ0n) is 5.74. The fourth-order valence-electron chi connectivity index (χ4n) is 0.999. The number of aromatic nitrogens is 2. The molecule has 1 aromatic carbocycles. The van der Waals surface area contributed by atoms with Crippen LogP contribution in [0, 0.1) is 13.2 Å². The molecule has 1 heterocycles. The molecular weight excluding hydrogens is 385 g/mol. The van der Waals surface area contributed by atoms with Gasteiger partial charge >= 0.3 is 0 Å². The van der Waals surface area contributed by atoms with E-state index < -0.39 is 6.08 Å². The van der Waals surface area contributed by atoms with Gasteiger partial charge in [-0.2, -0.15) is 4.39 Å². The summed E-state index contributed by atoms with van der Waals surface area (Å²) in [6.07, 6.45) is -0.521. The van der Waals surface area contributed by atoms with Gasteiger partial charge in [-0.25, -0.2) is 4.98 Å². The Balaban J connectivity index is 2.93.